The van der Waals surface area contributed by atoms with E-state index in [-0.39, 0.29) is 5.69 Å². The van der Waals surface area contributed by atoms with E-state index in [1.807, 2.05) is 0 Å². The first-order chi connectivity index (χ1) is 9.44. The van der Waals surface area contributed by atoms with Crippen molar-refractivity contribution in [2.24, 2.45) is 0 Å². The molecule has 0 atom stereocenters. The van der Waals surface area contributed by atoms with Crippen LogP contribution in [0.5, 0.6) is 0 Å². The van der Waals surface area contributed by atoms with Gasteiger partial charge in [0.2, 0.25) is 0 Å². The van der Waals surface area contributed by atoms with Gasteiger partial charge in [0.05, 0.1) is 11.9 Å². The number of halogens is 1. The highest BCUT2D eigenvalue weighted by Crippen LogP contribution is 2.21. The van der Waals surface area contributed by atoms with Crippen LogP contribution >= 0.6 is 0 Å². The van der Waals surface area contributed by atoms with Crippen LogP contribution in [0.3, 0.4) is 0 Å². The van der Waals surface area contributed by atoms with Crippen LogP contribution < -0.4 is 4.72 Å². The van der Waals surface area contributed by atoms with E-state index in [4.69, 9.17) is 5.26 Å². The van der Waals surface area contributed by atoms with Crippen LogP contribution in [0.15, 0.2) is 41.4 Å². The molecule has 0 saturated heterocycles. The molecule has 0 unspecified atom stereocenters. The fourth-order valence-electron chi connectivity index (χ4n) is 1.58. The number of pyridine rings is 1. The van der Waals surface area contributed by atoms with Gasteiger partial charge >= 0.3 is 0 Å². The van der Waals surface area contributed by atoms with E-state index in [1.165, 1.54) is 24.4 Å². The van der Waals surface area contributed by atoms with E-state index in [1.54, 1.807) is 19.1 Å². The monoisotopic (exact) mass is 291 g/mol. The Morgan fingerprint density at radius 1 is 1.30 bits per heavy atom. The minimum Gasteiger partial charge on any atom is -0.278 e. The third-order valence-corrected chi connectivity index (χ3v) is 3.96. The Kier molecular flexibility index (Phi) is 3.68. The fourth-order valence-corrected chi connectivity index (χ4v) is 2.79. The van der Waals surface area contributed by atoms with Gasteiger partial charge in [-0.25, -0.2) is 12.8 Å². The van der Waals surface area contributed by atoms with Gasteiger partial charge in [0.1, 0.15) is 22.3 Å². The molecule has 1 aromatic carbocycles. The number of benzene rings is 1. The lowest BCUT2D eigenvalue weighted by Crippen LogP contribution is -2.15. The van der Waals surface area contributed by atoms with Gasteiger partial charge in [-0.1, -0.05) is 6.07 Å². The smallest absolute Gasteiger partial charge is 0.263 e. The van der Waals surface area contributed by atoms with Crippen LogP contribution in [0, 0.1) is 24.1 Å². The number of aromatic nitrogens is 1. The van der Waals surface area contributed by atoms with E-state index in [2.05, 4.69) is 9.71 Å². The maximum absolute atomic E-state index is 13.4. The quantitative estimate of drug-likeness (QED) is 0.939. The van der Waals surface area contributed by atoms with Crippen LogP contribution in [-0.2, 0) is 10.0 Å². The van der Waals surface area contributed by atoms with Gasteiger partial charge in [-0.3, -0.25) is 9.71 Å². The fraction of sp³-hybridized carbons (Fsp3) is 0.0769. The van der Waals surface area contributed by atoms with Gasteiger partial charge in [-0.2, -0.15) is 5.26 Å². The third kappa shape index (κ3) is 2.75. The number of nitriles is 1. The SMILES string of the molecule is Cc1ccc(NS(=O)(=O)c2cccc(F)c2C#N)cn1. The first-order valence-corrected chi connectivity index (χ1v) is 7.06. The third-order valence-electron chi connectivity index (χ3n) is 2.54. The minimum atomic E-state index is -4.04. The molecule has 5 nitrogen and oxygen atoms in total. The van der Waals surface area contributed by atoms with Crippen LogP contribution in [-0.4, -0.2) is 13.4 Å². The van der Waals surface area contributed by atoms with Crippen molar-refractivity contribution in [2.75, 3.05) is 4.72 Å². The minimum absolute atomic E-state index is 0.240. The lowest BCUT2D eigenvalue weighted by Gasteiger charge is -2.09. The Labute approximate surface area is 115 Å². The second kappa shape index (κ2) is 5.27. The van der Waals surface area contributed by atoms with Crippen LogP contribution in [0.4, 0.5) is 10.1 Å². The second-order valence-electron chi connectivity index (χ2n) is 4.02. The molecule has 0 spiro atoms. The maximum atomic E-state index is 13.4. The summed E-state index contributed by atoms with van der Waals surface area (Å²) in [5.41, 5.74) is 0.459. The Morgan fingerprint density at radius 2 is 2.05 bits per heavy atom. The molecule has 1 aromatic heterocycles. The predicted molar refractivity (Wildman–Crippen MR) is 70.9 cm³/mol. The zero-order valence-electron chi connectivity index (χ0n) is 10.5. The number of aryl methyl sites for hydroxylation is 1. The van der Waals surface area contributed by atoms with Gasteiger partial charge in [-0.15, -0.1) is 0 Å². The molecule has 0 fully saturated rings. The van der Waals surface area contributed by atoms with Gasteiger partial charge in [-0.05, 0) is 31.2 Å². The number of anilines is 1. The van der Waals surface area contributed by atoms with E-state index >= 15 is 0 Å². The highest BCUT2D eigenvalue weighted by Gasteiger charge is 2.21. The van der Waals surface area contributed by atoms with Gasteiger partial charge in [0.25, 0.3) is 10.0 Å². The van der Waals surface area contributed by atoms with Crippen molar-refractivity contribution in [2.45, 2.75) is 11.8 Å². The summed E-state index contributed by atoms with van der Waals surface area (Å²) in [4.78, 5) is 3.55. The standard InChI is InChI=1S/C13H10FN3O2S/c1-9-5-6-10(8-16-9)17-20(18,19)13-4-2-3-12(14)11(13)7-15/h2-6,8,17H,1H3. The molecule has 2 rings (SSSR count). The molecule has 0 aliphatic rings. The molecular formula is C13H10FN3O2S. The molecule has 0 amide bonds. The van der Waals surface area contributed by atoms with Gasteiger partial charge in [0, 0.05) is 5.69 Å². The number of rotatable bonds is 3. The molecule has 0 radical (unpaired) electrons. The number of hydrogen-bond donors (Lipinski definition) is 1. The van der Waals surface area contributed by atoms with Crippen LogP contribution in [0.25, 0.3) is 0 Å². The Morgan fingerprint density at radius 3 is 2.65 bits per heavy atom. The number of hydrogen-bond acceptors (Lipinski definition) is 4. The molecule has 1 N–H and O–H groups in total. The molecule has 20 heavy (non-hydrogen) atoms. The Balaban J connectivity index is 2.44. The van der Waals surface area contributed by atoms with E-state index in [0.717, 1.165) is 11.8 Å². The lowest BCUT2D eigenvalue weighted by atomic mass is 10.2. The summed E-state index contributed by atoms with van der Waals surface area (Å²) in [6.45, 7) is 1.76. The first kappa shape index (κ1) is 14.0. The highest BCUT2D eigenvalue weighted by molar-refractivity contribution is 7.92. The average Bonchev–Trinajstić information content (AvgIpc) is 2.41. The van der Waals surface area contributed by atoms with Crippen molar-refractivity contribution in [1.29, 1.82) is 5.26 Å². The molecule has 2 aromatic rings. The van der Waals surface area contributed by atoms with Crippen molar-refractivity contribution in [3.63, 3.8) is 0 Å². The molecule has 0 saturated carbocycles. The molecule has 7 heteroatoms. The summed E-state index contributed by atoms with van der Waals surface area (Å²) in [7, 11) is -4.04. The zero-order valence-corrected chi connectivity index (χ0v) is 11.3. The predicted octanol–water partition coefficient (Wildman–Crippen LogP) is 2.20. The zero-order chi connectivity index (χ0) is 14.8. The van der Waals surface area contributed by atoms with E-state index < -0.39 is 26.3 Å². The summed E-state index contributed by atoms with van der Waals surface area (Å²) in [5, 5.41) is 8.87. The summed E-state index contributed by atoms with van der Waals surface area (Å²) >= 11 is 0. The summed E-state index contributed by atoms with van der Waals surface area (Å²) in [6, 6.07) is 8.16. The number of sulfonamides is 1. The van der Waals surface area contributed by atoms with Crippen LogP contribution in [0.2, 0.25) is 0 Å². The largest absolute Gasteiger partial charge is 0.278 e. The normalized spacial score (nSPS) is 10.8. The molecule has 1 heterocycles. The average molecular weight is 291 g/mol. The van der Waals surface area contributed by atoms with Crippen molar-refractivity contribution in [3.8, 4) is 6.07 Å². The molecule has 102 valence electrons. The van der Waals surface area contributed by atoms with Crippen molar-refractivity contribution in [1.82, 2.24) is 4.98 Å². The molecule has 0 bridgehead atoms. The Hall–Kier alpha value is -2.46. The highest BCUT2D eigenvalue weighted by atomic mass is 32.2. The molecule has 0 aliphatic carbocycles. The van der Waals surface area contributed by atoms with Gasteiger partial charge in [0.15, 0.2) is 0 Å². The molecule has 0 aliphatic heterocycles. The van der Waals surface area contributed by atoms with Crippen molar-refractivity contribution >= 4 is 15.7 Å². The summed E-state index contributed by atoms with van der Waals surface area (Å²) in [6.07, 6.45) is 1.35. The summed E-state index contributed by atoms with van der Waals surface area (Å²) in [5.74, 6) is -0.877. The van der Waals surface area contributed by atoms with Crippen LogP contribution in [0.1, 0.15) is 11.3 Å². The van der Waals surface area contributed by atoms with E-state index in [0.29, 0.717) is 0 Å². The lowest BCUT2D eigenvalue weighted by molar-refractivity contribution is 0.593. The first-order valence-electron chi connectivity index (χ1n) is 5.58. The summed E-state index contributed by atoms with van der Waals surface area (Å²) < 4.78 is 40.0. The van der Waals surface area contributed by atoms with E-state index in [9.17, 15) is 12.8 Å². The van der Waals surface area contributed by atoms with Crippen molar-refractivity contribution < 1.29 is 12.8 Å². The Bertz CT molecular complexity index is 780. The number of nitrogens with one attached hydrogen (secondary N) is 1. The topological polar surface area (TPSA) is 82.9 Å². The van der Waals surface area contributed by atoms with Crippen molar-refractivity contribution in [3.05, 3.63) is 53.6 Å². The number of nitrogens with zero attached hydrogens (tertiary/aromatic N) is 2. The molecular weight excluding hydrogens is 281 g/mol. The maximum Gasteiger partial charge on any atom is 0.263 e. The van der Waals surface area contributed by atoms with Gasteiger partial charge < -0.3 is 0 Å². The second-order valence-corrected chi connectivity index (χ2v) is 5.67.